The van der Waals surface area contributed by atoms with Gasteiger partial charge in [-0.2, -0.15) is 0 Å². The van der Waals surface area contributed by atoms with Crippen molar-refractivity contribution in [1.29, 1.82) is 0 Å². The van der Waals surface area contributed by atoms with Crippen LogP contribution in [0.1, 0.15) is 273 Å². The number of benzene rings is 7. The highest BCUT2D eigenvalue weighted by atomic mass is 14.3. The summed E-state index contributed by atoms with van der Waals surface area (Å²) in [4.78, 5) is 0. The van der Waals surface area contributed by atoms with Crippen LogP contribution >= 0.6 is 0 Å². The average molecular weight is 1140 g/mol. The molecule has 456 valence electrons. The fourth-order valence-electron chi connectivity index (χ4n) is 13.4. The van der Waals surface area contributed by atoms with Crippen molar-refractivity contribution in [2.75, 3.05) is 0 Å². The smallest absolute Gasteiger partial charge is 0.0140 e. The molecule has 0 heteroatoms. The van der Waals surface area contributed by atoms with Gasteiger partial charge in [-0.3, -0.25) is 0 Å². The van der Waals surface area contributed by atoms with Crippen molar-refractivity contribution in [1.82, 2.24) is 0 Å². The third kappa shape index (κ3) is 20.9. The van der Waals surface area contributed by atoms with Crippen molar-refractivity contribution in [2.45, 2.75) is 280 Å². The van der Waals surface area contributed by atoms with E-state index in [2.05, 4.69) is 189 Å². The van der Waals surface area contributed by atoms with E-state index in [4.69, 9.17) is 0 Å². The number of rotatable bonds is 41. The second kappa shape index (κ2) is 38.0. The molecule has 0 atom stereocenters. The summed E-state index contributed by atoms with van der Waals surface area (Å²) >= 11 is 0. The molecule has 0 aliphatic heterocycles. The van der Waals surface area contributed by atoms with Gasteiger partial charge < -0.3 is 0 Å². The Morgan fingerprint density at radius 1 is 0.188 bits per heavy atom. The second-order valence-electron chi connectivity index (χ2n) is 25.9. The average Bonchev–Trinajstić information content (AvgIpc) is 2.45. The van der Waals surface area contributed by atoms with Gasteiger partial charge in [0.25, 0.3) is 0 Å². The monoisotopic (exact) mass is 1140 g/mol. The molecule has 0 amide bonds. The molecular formula is C85H116. The van der Waals surface area contributed by atoms with E-state index in [1.165, 1.54) is 291 Å². The van der Waals surface area contributed by atoms with Crippen molar-refractivity contribution < 1.29 is 0 Å². The molecule has 0 radical (unpaired) electrons. The van der Waals surface area contributed by atoms with Gasteiger partial charge in [0.15, 0.2) is 0 Å². The maximum absolute atomic E-state index is 2.65. The minimum absolute atomic E-state index is 1.05. The van der Waals surface area contributed by atoms with Gasteiger partial charge in [-0.1, -0.05) is 292 Å². The Bertz CT molecular complexity index is 2610. The van der Waals surface area contributed by atoms with Crippen molar-refractivity contribution in [3.63, 3.8) is 0 Å². The van der Waals surface area contributed by atoms with E-state index in [1.807, 2.05) is 0 Å². The number of hydrogen-bond donors (Lipinski definition) is 0. The van der Waals surface area contributed by atoms with Crippen molar-refractivity contribution in [3.8, 4) is 66.8 Å². The summed E-state index contributed by atoms with van der Waals surface area (Å²) in [6.07, 6.45) is 43.5. The largest absolute Gasteiger partial charge is 0.0654 e. The summed E-state index contributed by atoms with van der Waals surface area (Å²) in [7, 11) is 0. The molecule has 0 nitrogen and oxygen atoms in total. The van der Waals surface area contributed by atoms with Gasteiger partial charge in [0.2, 0.25) is 0 Å². The lowest BCUT2D eigenvalue weighted by Gasteiger charge is -2.24. The highest BCUT2D eigenvalue weighted by Crippen LogP contribution is 2.45. The third-order valence-corrected chi connectivity index (χ3v) is 18.7. The van der Waals surface area contributed by atoms with Crippen molar-refractivity contribution >= 4 is 0 Å². The molecule has 85 heavy (non-hydrogen) atoms. The number of aryl methyl sites for hydroxylation is 5. The van der Waals surface area contributed by atoms with Gasteiger partial charge in [-0.15, -0.1) is 0 Å². The van der Waals surface area contributed by atoms with Crippen LogP contribution in [0.5, 0.6) is 0 Å². The van der Waals surface area contributed by atoms with Crippen LogP contribution in [-0.4, -0.2) is 0 Å². The van der Waals surface area contributed by atoms with Gasteiger partial charge in [-0.25, -0.2) is 0 Å². The highest BCUT2D eigenvalue weighted by molar-refractivity contribution is 5.91. The molecule has 0 aliphatic rings. The van der Waals surface area contributed by atoms with Crippen molar-refractivity contribution in [2.24, 2.45) is 0 Å². The Labute approximate surface area is 521 Å². The Hall–Kier alpha value is -5.46. The lowest BCUT2D eigenvalue weighted by Crippen LogP contribution is -2.02. The van der Waals surface area contributed by atoms with E-state index in [0.717, 1.165) is 44.9 Å². The maximum Gasteiger partial charge on any atom is -0.0140 e. The molecule has 0 heterocycles. The quantitative estimate of drug-likeness (QED) is 0.0335. The first-order valence-corrected chi connectivity index (χ1v) is 35.7. The van der Waals surface area contributed by atoms with Crippen LogP contribution in [0.3, 0.4) is 0 Å². The fourth-order valence-corrected chi connectivity index (χ4v) is 13.4. The molecule has 0 aliphatic carbocycles. The second-order valence-corrected chi connectivity index (χ2v) is 25.9. The SMILES string of the molecule is CCCCCCc1ccc(-c2cc(-c3cc(C)cc(-c4cc(-c5ccc(CCCCCC)cc5)c(CCCCCC)c(-c5ccc(CCCCCC)cc5)c4)c3CCCCCC)cc(-c3ccc(CCCCCC)cc3)c2CCCCCC)cc1. The predicted molar refractivity (Wildman–Crippen MR) is 379 cm³/mol. The zero-order chi connectivity index (χ0) is 59.9. The Morgan fingerprint density at radius 2 is 0.376 bits per heavy atom. The van der Waals surface area contributed by atoms with Gasteiger partial charge >= 0.3 is 0 Å². The first kappa shape index (κ1) is 67.1. The minimum Gasteiger partial charge on any atom is -0.0654 e. The summed E-state index contributed by atoms with van der Waals surface area (Å²) in [5, 5.41) is 0. The molecule has 0 N–H and O–H groups in total. The van der Waals surface area contributed by atoms with E-state index >= 15 is 0 Å². The summed E-state index contributed by atoms with van der Waals surface area (Å²) in [5.41, 5.74) is 28.4. The maximum atomic E-state index is 2.65. The molecule has 0 saturated carbocycles. The molecule has 7 aromatic rings. The molecule has 0 saturated heterocycles. The minimum atomic E-state index is 1.05. The number of hydrogen-bond acceptors (Lipinski definition) is 0. The normalized spacial score (nSPS) is 11.5. The van der Waals surface area contributed by atoms with Gasteiger partial charge in [0, 0.05) is 0 Å². The zero-order valence-electron chi connectivity index (χ0n) is 55.5. The standard InChI is InChI=1S/C85H116/c1-9-16-23-30-37-67-44-52-71(53-45-67)82-62-75(63-83(78(82)42-35-28-21-14-6)72-54-46-68(47-55-72)38-31-24-17-10-2)80-60-66(8)61-81(77(80)41-34-27-20-13-5)76-64-84(73-56-48-69(49-57-73)39-32-25-18-11-3)79(43-36-29-22-15-7)85(65-76)74-58-50-70(51-59-74)40-33-26-19-12-4/h44-65H,9-43H2,1-8H3. The van der Waals surface area contributed by atoms with Gasteiger partial charge in [-0.05, 0) is 232 Å². The Balaban J connectivity index is 1.48. The zero-order valence-corrected chi connectivity index (χ0v) is 55.5. The molecule has 0 aromatic heterocycles. The molecule has 0 fully saturated rings. The van der Waals surface area contributed by atoms with Gasteiger partial charge in [0.05, 0.1) is 0 Å². The predicted octanol–water partition coefficient (Wildman–Crippen LogP) is 26.9. The first-order chi connectivity index (χ1) is 41.8. The van der Waals surface area contributed by atoms with Crippen LogP contribution in [0.25, 0.3) is 66.8 Å². The lowest BCUT2D eigenvalue weighted by molar-refractivity contribution is 0.666. The summed E-state index contributed by atoms with van der Waals surface area (Å²) < 4.78 is 0. The van der Waals surface area contributed by atoms with E-state index in [0.29, 0.717) is 0 Å². The molecule has 0 spiro atoms. The molecule has 7 rings (SSSR count). The molecule has 0 unspecified atom stereocenters. The van der Waals surface area contributed by atoms with Gasteiger partial charge in [0.1, 0.15) is 0 Å². The Kier molecular flexibility index (Phi) is 29.9. The summed E-state index contributed by atoms with van der Waals surface area (Å²) in [6.45, 7) is 18.7. The van der Waals surface area contributed by atoms with Crippen LogP contribution in [0.15, 0.2) is 133 Å². The lowest BCUT2D eigenvalue weighted by atomic mass is 9.80. The van der Waals surface area contributed by atoms with E-state index in [1.54, 1.807) is 0 Å². The first-order valence-electron chi connectivity index (χ1n) is 35.7. The molecular weight excluding hydrogens is 1020 g/mol. The third-order valence-electron chi connectivity index (χ3n) is 18.7. The van der Waals surface area contributed by atoms with Crippen molar-refractivity contribution in [3.05, 3.63) is 178 Å². The molecule has 7 aromatic carbocycles. The topological polar surface area (TPSA) is 0 Å². The number of unbranched alkanes of at least 4 members (excludes halogenated alkanes) is 21. The fraction of sp³-hybridized carbons (Fsp3) is 0.506. The Morgan fingerprint density at radius 3 is 0.576 bits per heavy atom. The summed E-state index contributed by atoms with van der Waals surface area (Å²) in [6, 6.07) is 55.2. The van der Waals surface area contributed by atoms with Crippen LogP contribution in [-0.2, 0) is 44.9 Å². The van der Waals surface area contributed by atoms with Crippen LogP contribution in [0.2, 0.25) is 0 Å². The van der Waals surface area contributed by atoms with E-state index < -0.39 is 0 Å². The highest BCUT2D eigenvalue weighted by Gasteiger charge is 2.23. The molecule has 0 bridgehead atoms. The summed E-state index contributed by atoms with van der Waals surface area (Å²) in [5.74, 6) is 0. The van der Waals surface area contributed by atoms with Crippen LogP contribution < -0.4 is 0 Å². The van der Waals surface area contributed by atoms with E-state index in [9.17, 15) is 0 Å². The van der Waals surface area contributed by atoms with E-state index in [-0.39, 0.29) is 0 Å². The van der Waals surface area contributed by atoms with Crippen LogP contribution in [0, 0.1) is 6.92 Å². The van der Waals surface area contributed by atoms with Crippen LogP contribution in [0.4, 0.5) is 0 Å².